The van der Waals surface area contributed by atoms with Crippen LogP contribution in [0.25, 0.3) is 0 Å². The van der Waals surface area contributed by atoms with E-state index in [0.717, 1.165) is 0 Å². The van der Waals surface area contributed by atoms with Crippen LogP contribution < -0.4 is 0 Å². The molecule has 8 heteroatoms. The minimum absolute atomic E-state index is 0.224. The van der Waals surface area contributed by atoms with E-state index in [-0.39, 0.29) is 12.1 Å². The average Bonchev–Trinajstić information content (AvgIpc) is 2.14. The highest BCUT2D eigenvalue weighted by molar-refractivity contribution is 5.26. The van der Waals surface area contributed by atoms with Crippen molar-refractivity contribution in [1.29, 1.82) is 0 Å². The number of aliphatic hydroxyl groups is 1. The summed E-state index contributed by atoms with van der Waals surface area (Å²) < 4.78 is 73.0. The smallest absolute Gasteiger partial charge is 0.390 e. The predicted molar refractivity (Wildman–Crippen MR) is 40.2 cm³/mol. The molecule has 0 amide bonds. The molecule has 16 heavy (non-hydrogen) atoms. The SMILES string of the molecule is OCc1nc(C(F)(F)F)ccc1C(F)(F)F. The Labute approximate surface area is 85.5 Å². The summed E-state index contributed by atoms with van der Waals surface area (Å²) in [5, 5.41) is 8.54. The van der Waals surface area contributed by atoms with Crippen molar-refractivity contribution < 1.29 is 31.4 Å². The number of hydrogen-bond donors (Lipinski definition) is 1. The van der Waals surface area contributed by atoms with Crippen molar-refractivity contribution in [3.63, 3.8) is 0 Å². The molecule has 1 heterocycles. The van der Waals surface area contributed by atoms with Crippen molar-refractivity contribution in [3.05, 3.63) is 29.1 Å². The highest BCUT2D eigenvalue weighted by Crippen LogP contribution is 2.34. The van der Waals surface area contributed by atoms with Crippen LogP contribution >= 0.6 is 0 Å². The van der Waals surface area contributed by atoms with Crippen LogP contribution in [0, 0.1) is 0 Å². The summed E-state index contributed by atoms with van der Waals surface area (Å²) in [5.41, 5.74) is -3.88. The lowest BCUT2D eigenvalue weighted by atomic mass is 10.1. The summed E-state index contributed by atoms with van der Waals surface area (Å²) in [6, 6.07) is 0.476. The molecule has 1 rings (SSSR count). The van der Waals surface area contributed by atoms with Crippen LogP contribution in [0.15, 0.2) is 12.1 Å². The fraction of sp³-hybridized carbons (Fsp3) is 0.375. The van der Waals surface area contributed by atoms with E-state index in [4.69, 9.17) is 5.11 Å². The summed E-state index contributed by atoms with van der Waals surface area (Å²) in [5.74, 6) is 0. The molecular formula is C8H5F6NO. The van der Waals surface area contributed by atoms with E-state index in [2.05, 4.69) is 4.98 Å². The van der Waals surface area contributed by atoms with E-state index in [1.165, 1.54) is 0 Å². The van der Waals surface area contributed by atoms with E-state index >= 15 is 0 Å². The van der Waals surface area contributed by atoms with Gasteiger partial charge in [0.15, 0.2) is 0 Å². The number of nitrogens with zero attached hydrogens (tertiary/aromatic N) is 1. The van der Waals surface area contributed by atoms with Crippen LogP contribution in [-0.4, -0.2) is 10.1 Å². The van der Waals surface area contributed by atoms with Crippen LogP contribution in [0.4, 0.5) is 26.3 Å². The molecule has 0 aliphatic carbocycles. The van der Waals surface area contributed by atoms with Gasteiger partial charge in [0.1, 0.15) is 5.69 Å². The van der Waals surface area contributed by atoms with Gasteiger partial charge < -0.3 is 5.11 Å². The second-order valence-electron chi connectivity index (χ2n) is 2.84. The zero-order valence-electron chi connectivity index (χ0n) is 7.52. The van der Waals surface area contributed by atoms with E-state index < -0.39 is 35.9 Å². The van der Waals surface area contributed by atoms with Gasteiger partial charge in [-0.15, -0.1) is 0 Å². The third-order valence-electron chi connectivity index (χ3n) is 1.72. The Bertz CT molecular complexity index is 383. The Morgan fingerprint density at radius 2 is 1.56 bits per heavy atom. The third kappa shape index (κ3) is 2.63. The second-order valence-corrected chi connectivity index (χ2v) is 2.84. The molecule has 0 saturated carbocycles. The first kappa shape index (κ1) is 12.8. The number of alkyl halides is 6. The van der Waals surface area contributed by atoms with Gasteiger partial charge in [-0.2, -0.15) is 26.3 Å². The fourth-order valence-electron chi connectivity index (χ4n) is 1.04. The number of pyridine rings is 1. The molecule has 90 valence electrons. The maximum atomic E-state index is 12.2. The summed E-state index contributed by atoms with van der Waals surface area (Å²) in [4.78, 5) is 2.73. The molecule has 0 atom stereocenters. The second kappa shape index (κ2) is 3.93. The minimum atomic E-state index is -4.84. The summed E-state index contributed by atoms with van der Waals surface area (Å²) in [6.07, 6.45) is -9.68. The summed E-state index contributed by atoms with van der Waals surface area (Å²) >= 11 is 0. The van der Waals surface area contributed by atoms with E-state index in [1.54, 1.807) is 0 Å². The molecule has 0 aromatic carbocycles. The molecule has 0 saturated heterocycles. The predicted octanol–water partition coefficient (Wildman–Crippen LogP) is 2.61. The first-order valence-corrected chi connectivity index (χ1v) is 3.91. The molecular weight excluding hydrogens is 240 g/mol. The molecule has 0 spiro atoms. The van der Waals surface area contributed by atoms with Gasteiger partial charge in [-0.1, -0.05) is 0 Å². The van der Waals surface area contributed by atoms with Crippen molar-refractivity contribution in [1.82, 2.24) is 4.98 Å². The lowest BCUT2D eigenvalue weighted by Crippen LogP contribution is -2.15. The van der Waals surface area contributed by atoms with Gasteiger partial charge in [-0.05, 0) is 12.1 Å². The zero-order chi connectivity index (χ0) is 12.6. The number of aliphatic hydroxyl groups excluding tert-OH is 1. The highest BCUT2D eigenvalue weighted by Gasteiger charge is 2.38. The first-order valence-electron chi connectivity index (χ1n) is 3.91. The fourth-order valence-corrected chi connectivity index (χ4v) is 1.04. The third-order valence-corrected chi connectivity index (χ3v) is 1.72. The van der Waals surface area contributed by atoms with Crippen LogP contribution in [0.5, 0.6) is 0 Å². The van der Waals surface area contributed by atoms with E-state index in [9.17, 15) is 26.3 Å². The molecule has 0 fully saturated rings. The molecule has 0 radical (unpaired) electrons. The lowest BCUT2D eigenvalue weighted by molar-refractivity contribution is -0.145. The molecule has 2 nitrogen and oxygen atoms in total. The van der Waals surface area contributed by atoms with Crippen LogP contribution in [0.3, 0.4) is 0 Å². The van der Waals surface area contributed by atoms with Crippen molar-refractivity contribution >= 4 is 0 Å². The normalized spacial score (nSPS) is 12.9. The highest BCUT2D eigenvalue weighted by atomic mass is 19.4. The Kier molecular flexibility index (Phi) is 3.13. The van der Waals surface area contributed by atoms with Crippen LogP contribution in [0.2, 0.25) is 0 Å². The van der Waals surface area contributed by atoms with Crippen molar-refractivity contribution in [2.75, 3.05) is 0 Å². The molecule has 1 N–H and O–H groups in total. The van der Waals surface area contributed by atoms with Gasteiger partial charge in [0.05, 0.1) is 17.9 Å². The Morgan fingerprint density at radius 3 is 1.94 bits per heavy atom. The lowest BCUT2D eigenvalue weighted by Gasteiger charge is -2.13. The summed E-state index contributed by atoms with van der Waals surface area (Å²) in [6.45, 7) is -1.21. The molecule has 0 unspecified atom stereocenters. The Balaban J connectivity index is 3.28. The van der Waals surface area contributed by atoms with Crippen molar-refractivity contribution in [3.8, 4) is 0 Å². The van der Waals surface area contributed by atoms with E-state index in [1.807, 2.05) is 0 Å². The standard InChI is InChI=1S/C8H5F6NO/c9-7(10,11)4-1-2-6(8(12,13)14)15-5(4)3-16/h1-2,16H,3H2. The maximum absolute atomic E-state index is 12.2. The topological polar surface area (TPSA) is 33.1 Å². The molecule has 0 bridgehead atoms. The van der Waals surface area contributed by atoms with Crippen LogP contribution in [-0.2, 0) is 19.0 Å². The zero-order valence-corrected chi connectivity index (χ0v) is 7.52. The van der Waals surface area contributed by atoms with E-state index in [0.29, 0.717) is 0 Å². The van der Waals surface area contributed by atoms with Gasteiger partial charge in [-0.3, -0.25) is 0 Å². The minimum Gasteiger partial charge on any atom is -0.390 e. The van der Waals surface area contributed by atoms with Gasteiger partial charge in [0.25, 0.3) is 0 Å². The van der Waals surface area contributed by atoms with Gasteiger partial charge >= 0.3 is 12.4 Å². The average molecular weight is 245 g/mol. The summed E-state index contributed by atoms with van der Waals surface area (Å²) in [7, 11) is 0. The van der Waals surface area contributed by atoms with Crippen LogP contribution in [0.1, 0.15) is 17.0 Å². The van der Waals surface area contributed by atoms with Gasteiger partial charge in [0.2, 0.25) is 0 Å². The molecule has 1 aromatic rings. The number of aromatic nitrogens is 1. The van der Waals surface area contributed by atoms with Crippen molar-refractivity contribution in [2.24, 2.45) is 0 Å². The van der Waals surface area contributed by atoms with Gasteiger partial charge in [0, 0.05) is 0 Å². The monoisotopic (exact) mass is 245 g/mol. The number of halogens is 6. The number of hydrogen-bond acceptors (Lipinski definition) is 2. The molecule has 1 aromatic heterocycles. The number of rotatable bonds is 1. The Morgan fingerprint density at radius 1 is 1.00 bits per heavy atom. The molecule has 0 aliphatic rings. The Hall–Kier alpha value is -1.31. The largest absolute Gasteiger partial charge is 0.433 e. The maximum Gasteiger partial charge on any atom is 0.433 e. The van der Waals surface area contributed by atoms with Gasteiger partial charge in [-0.25, -0.2) is 4.98 Å². The molecule has 0 aliphatic heterocycles. The van der Waals surface area contributed by atoms with Crippen molar-refractivity contribution in [2.45, 2.75) is 19.0 Å². The quantitative estimate of drug-likeness (QED) is 0.771. The first-order chi connectivity index (χ1) is 7.16.